The van der Waals surface area contributed by atoms with Gasteiger partial charge in [0, 0.05) is 22.8 Å². The number of carbonyl (C=O) groups is 1. The first-order chi connectivity index (χ1) is 8.86. The number of hydrogen-bond acceptors (Lipinski definition) is 2. The Kier molecular flexibility index (Phi) is 2.70. The van der Waals surface area contributed by atoms with Crippen molar-refractivity contribution < 1.29 is 4.79 Å². The second-order valence-electron chi connectivity index (χ2n) is 6.48. The Bertz CT molecular complexity index is 542. The highest BCUT2D eigenvalue weighted by Gasteiger charge is 2.54. The quantitative estimate of drug-likeness (QED) is 0.791. The Morgan fingerprint density at radius 1 is 1.37 bits per heavy atom. The molecule has 1 aromatic carbocycles. The molecule has 0 saturated carbocycles. The summed E-state index contributed by atoms with van der Waals surface area (Å²) in [6.45, 7) is 7.82. The van der Waals surface area contributed by atoms with Gasteiger partial charge in [-0.05, 0) is 57.5 Å². The summed E-state index contributed by atoms with van der Waals surface area (Å²) in [5.41, 5.74) is 1.48. The van der Waals surface area contributed by atoms with Crippen LogP contribution in [0.5, 0.6) is 0 Å². The molecule has 19 heavy (non-hydrogen) atoms. The second kappa shape index (κ2) is 3.97. The van der Waals surface area contributed by atoms with Gasteiger partial charge in [0.15, 0.2) is 0 Å². The maximum Gasteiger partial charge on any atom is 0.239 e. The number of carbonyl (C=O) groups excluding carboxylic acids is 1. The molecule has 0 bridgehead atoms. The largest absolute Gasteiger partial charge is 0.315 e. The number of amides is 1. The molecule has 3 rings (SSSR count). The fraction of sp³-hybridized carbons (Fsp3) is 0.533. The summed E-state index contributed by atoms with van der Waals surface area (Å²) in [7, 11) is 0. The molecule has 2 aliphatic rings. The van der Waals surface area contributed by atoms with E-state index in [2.05, 4.69) is 26.1 Å². The molecule has 3 nitrogen and oxygen atoms in total. The van der Waals surface area contributed by atoms with E-state index in [1.807, 2.05) is 23.1 Å². The Morgan fingerprint density at radius 2 is 2.11 bits per heavy atom. The number of rotatable bonds is 0. The van der Waals surface area contributed by atoms with E-state index in [0.717, 1.165) is 24.2 Å². The highest BCUT2D eigenvalue weighted by Crippen LogP contribution is 2.48. The zero-order valence-electron chi connectivity index (χ0n) is 11.6. The zero-order chi connectivity index (χ0) is 13.8. The summed E-state index contributed by atoms with van der Waals surface area (Å²) in [6.07, 6.45) is 0.853. The fourth-order valence-electron chi connectivity index (χ4n) is 3.30. The van der Waals surface area contributed by atoms with Gasteiger partial charge < -0.3 is 10.2 Å². The summed E-state index contributed by atoms with van der Waals surface area (Å²) in [5, 5.41) is 4.03. The van der Waals surface area contributed by atoms with Crippen LogP contribution in [0.2, 0.25) is 5.02 Å². The van der Waals surface area contributed by atoms with Crippen LogP contribution in [-0.2, 0) is 10.2 Å². The van der Waals surface area contributed by atoms with E-state index in [1.54, 1.807) is 0 Å². The van der Waals surface area contributed by atoms with Gasteiger partial charge in [-0.25, -0.2) is 0 Å². The minimum atomic E-state index is -0.409. The third kappa shape index (κ3) is 1.72. The van der Waals surface area contributed by atoms with Crippen molar-refractivity contribution in [2.24, 2.45) is 0 Å². The van der Waals surface area contributed by atoms with Gasteiger partial charge in [0.05, 0.1) is 5.41 Å². The maximum absolute atomic E-state index is 13.0. The van der Waals surface area contributed by atoms with E-state index in [9.17, 15) is 4.79 Å². The standard InChI is InChI=1S/C15H19ClN2O/c1-14(2,3)18-12-5-4-10(16)8-11(12)15(13(18)19)6-7-17-9-15/h4-5,8,17H,6-7,9H2,1-3H3. The molecule has 1 saturated heterocycles. The summed E-state index contributed by atoms with van der Waals surface area (Å²) in [4.78, 5) is 14.9. The van der Waals surface area contributed by atoms with Gasteiger partial charge in [0.25, 0.3) is 0 Å². The molecule has 1 atom stereocenters. The molecule has 2 heterocycles. The van der Waals surface area contributed by atoms with E-state index >= 15 is 0 Å². The summed E-state index contributed by atoms with van der Waals surface area (Å²) < 4.78 is 0. The van der Waals surface area contributed by atoms with E-state index in [1.165, 1.54) is 0 Å². The van der Waals surface area contributed by atoms with Crippen molar-refractivity contribution in [2.75, 3.05) is 18.0 Å². The Labute approximate surface area is 118 Å². The van der Waals surface area contributed by atoms with Gasteiger partial charge >= 0.3 is 0 Å². The highest BCUT2D eigenvalue weighted by atomic mass is 35.5. The van der Waals surface area contributed by atoms with Crippen molar-refractivity contribution in [3.63, 3.8) is 0 Å². The molecular weight excluding hydrogens is 260 g/mol. The predicted molar refractivity (Wildman–Crippen MR) is 77.9 cm³/mol. The van der Waals surface area contributed by atoms with E-state index in [0.29, 0.717) is 11.6 Å². The first-order valence-corrected chi connectivity index (χ1v) is 7.09. The van der Waals surface area contributed by atoms with Gasteiger partial charge in [0.1, 0.15) is 0 Å². The van der Waals surface area contributed by atoms with Crippen molar-refractivity contribution >= 4 is 23.2 Å². The van der Waals surface area contributed by atoms with Crippen LogP contribution in [0, 0.1) is 0 Å². The molecule has 4 heteroatoms. The molecule has 1 spiro atoms. The minimum Gasteiger partial charge on any atom is -0.315 e. The SMILES string of the molecule is CC(C)(C)N1C(=O)C2(CCNC2)c2cc(Cl)ccc21. The Balaban J connectivity index is 2.23. The summed E-state index contributed by atoms with van der Waals surface area (Å²) in [6, 6.07) is 5.81. The number of benzene rings is 1. The summed E-state index contributed by atoms with van der Waals surface area (Å²) >= 11 is 6.14. The lowest BCUT2D eigenvalue weighted by molar-refractivity contribution is -0.123. The molecular formula is C15H19ClN2O. The average molecular weight is 279 g/mol. The van der Waals surface area contributed by atoms with Gasteiger partial charge in [-0.2, -0.15) is 0 Å². The molecule has 1 unspecified atom stereocenters. The fourth-order valence-corrected chi connectivity index (χ4v) is 3.47. The molecule has 1 amide bonds. The molecule has 2 aliphatic heterocycles. The normalized spacial score (nSPS) is 26.3. The topological polar surface area (TPSA) is 32.3 Å². The van der Waals surface area contributed by atoms with Crippen LogP contribution in [0.25, 0.3) is 0 Å². The van der Waals surface area contributed by atoms with Crippen LogP contribution < -0.4 is 10.2 Å². The molecule has 0 aliphatic carbocycles. The third-order valence-corrected chi connectivity index (χ3v) is 4.39. The number of halogens is 1. The van der Waals surface area contributed by atoms with E-state index in [4.69, 9.17) is 11.6 Å². The molecule has 0 radical (unpaired) electrons. The number of anilines is 1. The average Bonchev–Trinajstić information content (AvgIpc) is 2.87. The molecule has 102 valence electrons. The molecule has 1 N–H and O–H groups in total. The van der Waals surface area contributed by atoms with Crippen LogP contribution in [0.15, 0.2) is 18.2 Å². The number of nitrogens with zero attached hydrogens (tertiary/aromatic N) is 1. The lowest BCUT2D eigenvalue weighted by Gasteiger charge is -2.34. The number of nitrogens with one attached hydrogen (secondary N) is 1. The molecule has 1 aromatic rings. The van der Waals surface area contributed by atoms with Gasteiger partial charge in [-0.3, -0.25) is 4.79 Å². The Morgan fingerprint density at radius 3 is 2.68 bits per heavy atom. The summed E-state index contributed by atoms with van der Waals surface area (Å²) in [5.74, 6) is 0.210. The van der Waals surface area contributed by atoms with Crippen LogP contribution in [0.3, 0.4) is 0 Å². The van der Waals surface area contributed by atoms with Crippen LogP contribution in [-0.4, -0.2) is 24.5 Å². The molecule has 1 fully saturated rings. The number of fused-ring (bicyclic) bond motifs is 2. The first-order valence-electron chi connectivity index (χ1n) is 6.72. The van der Waals surface area contributed by atoms with E-state index < -0.39 is 5.41 Å². The Hall–Kier alpha value is -1.06. The van der Waals surface area contributed by atoms with E-state index in [-0.39, 0.29) is 11.4 Å². The minimum absolute atomic E-state index is 0.210. The third-order valence-electron chi connectivity index (χ3n) is 4.15. The van der Waals surface area contributed by atoms with Crippen LogP contribution in [0.1, 0.15) is 32.8 Å². The molecule has 0 aromatic heterocycles. The number of hydrogen-bond donors (Lipinski definition) is 1. The van der Waals surface area contributed by atoms with Crippen molar-refractivity contribution in [3.8, 4) is 0 Å². The highest BCUT2D eigenvalue weighted by molar-refractivity contribution is 6.31. The first kappa shape index (κ1) is 12.9. The van der Waals surface area contributed by atoms with Gasteiger partial charge in [0.2, 0.25) is 5.91 Å². The van der Waals surface area contributed by atoms with Crippen LogP contribution in [0.4, 0.5) is 5.69 Å². The van der Waals surface area contributed by atoms with Crippen molar-refractivity contribution in [1.82, 2.24) is 5.32 Å². The lowest BCUT2D eigenvalue weighted by atomic mass is 9.81. The lowest BCUT2D eigenvalue weighted by Crippen LogP contribution is -2.49. The predicted octanol–water partition coefficient (Wildman–Crippen LogP) is 2.72. The monoisotopic (exact) mass is 278 g/mol. The maximum atomic E-state index is 13.0. The second-order valence-corrected chi connectivity index (χ2v) is 6.92. The van der Waals surface area contributed by atoms with Crippen molar-refractivity contribution in [1.29, 1.82) is 0 Å². The van der Waals surface area contributed by atoms with Gasteiger partial charge in [-0.15, -0.1) is 0 Å². The van der Waals surface area contributed by atoms with Crippen molar-refractivity contribution in [2.45, 2.75) is 38.1 Å². The zero-order valence-corrected chi connectivity index (χ0v) is 12.3. The smallest absolute Gasteiger partial charge is 0.239 e. The van der Waals surface area contributed by atoms with Crippen LogP contribution >= 0.6 is 11.6 Å². The van der Waals surface area contributed by atoms with Crippen molar-refractivity contribution in [3.05, 3.63) is 28.8 Å². The van der Waals surface area contributed by atoms with Gasteiger partial charge in [-0.1, -0.05) is 11.6 Å².